The van der Waals surface area contributed by atoms with Crippen molar-refractivity contribution in [2.75, 3.05) is 5.32 Å². The van der Waals surface area contributed by atoms with Gasteiger partial charge in [-0.3, -0.25) is 4.79 Å². The molecule has 0 spiro atoms. The van der Waals surface area contributed by atoms with Crippen molar-refractivity contribution >= 4 is 28.5 Å². The van der Waals surface area contributed by atoms with Crippen molar-refractivity contribution in [3.63, 3.8) is 0 Å². The van der Waals surface area contributed by atoms with E-state index in [4.69, 9.17) is 4.74 Å². The van der Waals surface area contributed by atoms with Gasteiger partial charge in [0.1, 0.15) is 17.3 Å². The van der Waals surface area contributed by atoms with Crippen LogP contribution in [0.1, 0.15) is 17.4 Å². The molecular formula is C19H14F2N2O3. The lowest BCUT2D eigenvalue weighted by molar-refractivity contribution is -0.123. The number of ether oxygens (including phenoxy) is 1. The number of esters is 1. The molecule has 0 aliphatic rings. The highest BCUT2D eigenvalue weighted by Gasteiger charge is 2.21. The molecule has 2 aromatic carbocycles. The number of hydrogen-bond donors (Lipinski definition) is 1. The van der Waals surface area contributed by atoms with Gasteiger partial charge in [0.05, 0.1) is 11.2 Å². The molecule has 5 nitrogen and oxygen atoms in total. The number of para-hydroxylation sites is 1. The second-order valence-corrected chi connectivity index (χ2v) is 5.55. The molecule has 0 saturated heterocycles. The number of amides is 1. The Morgan fingerprint density at radius 2 is 1.85 bits per heavy atom. The molecule has 0 bridgehead atoms. The largest absolute Gasteiger partial charge is 0.448 e. The summed E-state index contributed by atoms with van der Waals surface area (Å²) in [6.45, 7) is 1.34. The smallest absolute Gasteiger partial charge is 0.357 e. The van der Waals surface area contributed by atoms with E-state index in [1.807, 2.05) is 12.1 Å². The molecule has 0 fully saturated rings. The van der Waals surface area contributed by atoms with Gasteiger partial charge in [-0.2, -0.15) is 0 Å². The molecule has 7 heteroatoms. The number of aromatic nitrogens is 1. The van der Waals surface area contributed by atoms with Crippen molar-refractivity contribution in [1.82, 2.24) is 4.98 Å². The van der Waals surface area contributed by atoms with E-state index in [1.165, 1.54) is 13.0 Å². The second kappa shape index (κ2) is 7.26. The number of nitrogens with one attached hydrogen (secondary N) is 1. The van der Waals surface area contributed by atoms with Gasteiger partial charge in [0.25, 0.3) is 5.91 Å². The topological polar surface area (TPSA) is 68.3 Å². The first-order valence-corrected chi connectivity index (χ1v) is 7.77. The molecule has 0 aliphatic carbocycles. The minimum atomic E-state index is -1.19. The zero-order valence-corrected chi connectivity index (χ0v) is 13.7. The van der Waals surface area contributed by atoms with Crippen LogP contribution < -0.4 is 5.32 Å². The lowest BCUT2D eigenvalue weighted by Gasteiger charge is -2.14. The number of pyridine rings is 1. The number of fused-ring (bicyclic) bond motifs is 1. The summed E-state index contributed by atoms with van der Waals surface area (Å²) >= 11 is 0. The third-order valence-corrected chi connectivity index (χ3v) is 3.65. The van der Waals surface area contributed by atoms with Crippen LogP contribution >= 0.6 is 0 Å². The Bertz CT molecular complexity index is 991. The Morgan fingerprint density at radius 1 is 1.08 bits per heavy atom. The van der Waals surface area contributed by atoms with E-state index < -0.39 is 29.6 Å². The normalized spacial score (nSPS) is 11.8. The molecule has 1 aromatic heterocycles. The summed E-state index contributed by atoms with van der Waals surface area (Å²) in [7, 11) is 0. The molecular weight excluding hydrogens is 342 g/mol. The van der Waals surface area contributed by atoms with Gasteiger partial charge in [0.2, 0.25) is 0 Å². The van der Waals surface area contributed by atoms with Crippen LogP contribution in [0.15, 0.2) is 54.6 Å². The van der Waals surface area contributed by atoms with Crippen molar-refractivity contribution < 1.29 is 23.1 Å². The SMILES string of the molecule is CC(OC(=O)c1ccc2ccccc2n1)C(=O)Nc1ccc(F)cc1F. The van der Waals surface area contributed by atoms with E-state index in [9.17, 15) is 18.4 Å². The van der Waals surface area contributed by atoms with Crippen LogP contribution in [-0.2, 0) is 9.53 Å². The van der Waals surface area contributed by atoms with Gasteiger partial charge in [-0.05, 0) is 31.2 Å². The molecule has 132 valence electrons. The molecule has 0 aliphatic heterocycles. The highest BCUT2D eigenvalue weighted by Crippen LogP contribution is 2.16. The zero-order valence-electron chi connectivity index (χ0n) is 13.7. The summed E-state index contributed by atoms with van der Waals surface area (Å²) in [5.74, 6) is -3.21. The Balaban J connectivity index is 1.68. The number of halogens is 2. The Morgan fingerprint density at radius 3 is 2.62 bits per heavy atom. The van der Waals surface area contributed by atoms with Crippen molar-refractivity contribution in [1.29, 1.82) is 0 Å². The average molecular weight is 356 g/mol. The first-order chi connectivity index (χ1) is 12.4. The predicted octanol–water partition coefficient (Wildman–Crippen LogP) is 3.70. The predicted molar refractivity (Wildman–Crippen MR) is 91.6 cm³/mol. The van der Waals surface area contributed by atoms with Gasteiger partial charge >= 0.3 is 5.97 Å². The maximum absolute atomic E-state index is 13.6. The Hall–Kier alpha value is -3.35. The first-order valence-electron chi connectivity index (χ1n) is 7.77. The van der Waals surface area contributed by atoms with E-state index in [0.29, 0.717) is 11.6 Å². The zero-order chi connectivity index (χ0) is 18.7. The number of hydrogen-bond acceptors (Lipinski definition) is 4. The maximum atomic E-state index is 13.6. The van der Waals surface area contributed by atoms with Crippen molar-refractivity contribution in [3.05, 3.63) is 71.9 Å². The van der Waals surface area contributed by atoms with Crippen LogP contribution in [0.25, 0.3) is 10.9 Å². The third-order valence-electron chi connectivity index (χ3n) is 3.65. The van der Waals surface area contributed by atoms with E-state index >= 15 is 0 Å². The molecule has 3 rings (SSSR count). The van der Waals surface area contributed by atoms with Crippen molar-refractivity contribution in [2.45, 2.75) is 13.0 Å². The fraction of sp³-hybridized carbons (Fsp3) is 0.105. The summed E-state index contributed by atoms with van der Waals surface area (Å²) in [5.41, 5.74) is 0.465. The highest BCUT2D eigenvalue weighted by molar-refractivity contribution is 5.97. The number of nitrogens with zero attached hydrogens (tertiary/aromatic N) is 1. The minimum Gasteiger partial charge on any atom is -0.448 e. The molecule has 0 saturated carbocycles. The third kappa shape index (κ3) is 3.83. The van der Waals surface area contributed by atoms with Crippen molar-refractivity contribution in [3.8, 4) is 0 Å². The fourth-order valence-electron chi connectivity index (χ4n) is 2.28. The van der Waals surface area contributed by atoms with Crippen LogP contribution in [0.4, 0.5) is 14.5 Å². The summed E-state index contributed by atoms with van der Waals surface area (Å²) in [6, 6.07) is 13.2. The summed E-state index contributed by atoms with van der Waals surface area (Å²) in [4.78, 5) is 28.4. The monoisotopic (exact) mass is 356 g/mol. The quantitative estimate of drug-likeness (QED) is 0.724. The molecule has 1 amide bonds. The molecule has 3 aromatic rings. The Kier molecular flexibility index (Phi) is 4.88. The first kappa shape index (κ1) is 17.5. The number of carbonyl (C=O) groups excluding carboxylic acids is 2. The van der Waals surface area contributed by atoms with Crippen molar-refractivity contribution in [2.24, 2.45) is 0 Å². The standard InChI is InChI=1S/C19H14F2N2O3/c1-11(18(24)23-16-9-7-13(20)10-14(16)21)26-19(25)17-8-6-12-4-2-3-5-15(12)22-17/h2-11H,1H3,(H,23,24). The second-order valence-electron chi connectivity index (χ2n) is 5.55. The minimum absolute atomic E-state index is 0.0521. The van der Waals surface area contributed by atoms with Gasteiger partial charge in [-0.1, -0.05) is 24.3 Å². The van der Waals surface area contributed by atoms with E-state index in [0.717, 1.165) is 17.5 Å². The van der Waals surface area contributed by atoms with Crippen LogP contribution in [-0.4, -0.2) is 23.0 Å². The lowest BCUT2D eigenvalue weighted by Crippen LogP contribution is -2.30. The summed E-state index contributed by atoms with van der Waals surface area (Å²) in [5, 5.41) is 3.11. The van der Waals surface area contributed by atoms with Crippen LogP contribution in [0.3, 0.4) is 0 Å². The van der Waals surface area contributed by atoms with Gasteiger partial charge < -0.3 is 10.1 Å². The lowest BCUT2D eigenvalue weighted by atomic mass is 10.2. The molecule has 1 unspecified atom stereocenters. The molecule has 1 atom stereocenters. The summed E-state index contributed by atoms with van der Waals surface area (Å²) in [6.07, 6.45) is -1.19. The molecule has 1 N–H and O–H groups in total. The number of rotatable bonds is 4. The van der Waals surface area contributed by atoms with Gasteiger partial charge in [-0.25, -0.2) is 18.6 Å². The highest BCUT2D eigenvalue weighted by atomic mass is 19.1. The van der Waals surface area contributed by atoms with Crippen LogP contribution in [0.5, 0.6) is 0 Å². The number of benzene rings is 2. The maximum Gasteiger partial charge on any atom is 0.357 e. The summed E-state index contributed by atoms with van der Waals surface area (Å²) < 4.78 is 31.5. The average Bonchev–Trinajstić information content (AvgIpc) is 2.63. The van der Waals surface area contributed by atoms with E-state index in [-0.39, 0.29) is 11.4 Å². The van der Waals surface area contributed by atoms with Crippen LogP contribution in [0, 0.1) is 11.6 Å². The Labute approximate surface area is 147 Å². The van der Waals surface area contributed by atoms with Crippen LogP contribution in [0.2, 0.25) is 0 Å². The van der Waals surface area contributed by atoms with Gasteiger partial charge in [0.15, 0.2) is 6.10 Å². The molecule has 0 radical (unpaired) electrons. The number of carbonyl (C=O) groups is 2. The van der Waals surface area contributed by atoms with E-state index in [1.54, 1.807) is 18.2 Å². The molecule has 1 heterocycles. The van der Waals surface area contributed by atoms with E-state index in [2.05, 4.69) is 10.3 Å². The fourth-order valence-corrected chi connectivity index (χ4v) is 2.28. The molecule has 26 heavy (non-hydrogen) atoms. The van der Waals surface area contributed by atoms with Gasteiger partial charge in [-0.15, -0.1) is 0 Å². The number of anilines is 1. The van der Waals surface area contributed by atoms with Gasteiger partial charge in [0, 0.05) is 11.5 Å².